The SMILES string of the molecule is COc1cc(OC)cc(C(N)c2ccc(Cl)cc2F)c1. The fraction of sp³-hybridized carbons (Fsp3) is 0.200. The van der Waals surface area contributed by atoms with Gasteiger partial charge in [0.05, 0.1) is 20.3 Å². The van der Waals surface area contributed by atoms with E-state index in [1.807, 2.05) is 0 Å². The second-order valence-corrected chi connectivity index (χ2v) is 4.73. The second-order valence-electron chi connectivity index (χ2n) is 4.29. The molecule has 0 aliphatic heterocycles. The molecule has 0 fully saturated rings. The van der Waals surface area contributed by atoms with E-state index in [-0.39, 0.29) is 0 Å². The normalized spacial score (nSPS) is 12.1. The van der Waals surface area contributed by atoms with Gasteiger partial charge in [-0.3, -0.25) is 0 Å². The van der Waals surface area contributed by atoms with Gasteiger partial charge < -0.3 is 15.2 Å². The van der Waals surface area contributed by atoms with Crippen LogP contribution in [0.15, 0.2) is 36.4 Å². The highest BCUT2D eigenvalue weighted by molar-refractivity contribution is 6.30. The maximum absolute atomic E-state index is 13.9. The molecule has 0 bridgehead atoms. The Morgan fingerprint density at radius 3 is 2.15 bits per heavy atom. The molecule has 0 heterocycles. The Morgan fingerprint density at radius 1 is 1.05 bits per heavy atom. The number of rotatable bonds is 4. The first kappa shape index (κ1) is 14.6. The van der Waals surface area contributed by atoms with Gasteiger partial charge in [0, 0.05) is 16.7 Å². The molecule has 1 unspecified atom stereocenters. The fourth-order valence-electron chi connectivity index (χ4n) is 1.94. The van der Waals surface area contributed by atoms with Gasteiger partial charge in [-0.1, -0.05) is 17.7 Å². The fourth-order valence-corrected chi connectivity index (χ4v) is 2.10. The Morgan fingerprint density at radius 2 is 1.65 bits per heavy atom. The number of hydrogen-bond donors (Lipinski definition) is 1. The molecule has 106 valence electrons. The number of benzene rings is 2. The van der Waals surface area contributed by atoms with Crippen molar-refractivity contribution in [3.8, 4) is 11.5 Å². The van der Waals surface area contributed by atoms with Crippen LogP contribution in [0.1, 0.15) is 17.2 Å². The van der Waals surface area contributed by atoms with E-state index in [0.29, 0.717) is 27.6 Å². The molecule has 0 aromatic heterocycles. The third kappa shape index (κ3) is 3.03. The van der Waals surface area contributed by atoms with Gasteiger partial charge in [-0.15, -0.1) is 0 Å². The van der Waals surface area contributed by atoms with Crippen molar-refractivity contribution in [2.24, 2.45) is 5.73 Å². The van der Waals surface area contributed by atoms with Gasteiger partial charge in [-0.2, -0.15) is 0 Å². The predicted molar refractivity (Wildman–Crippen MR) is 77.0 cm³/mol. The van der Waals surface area contributed by atoms with Gasteiger partial charge in [0.2, 0.25) is 0 Å². The molecule has 1 atom stereocenters. The quantitative estimate of drug-likeness (QED) is 0.938. The first-order valence-electron chi connectivity index (χ1n) is 5.98. The highest BCUT2D eigenvalue weighted by Gasteiger charge is 2.16. The van der Waals surface area contributed by atoms with Gasteiger partial charge in [0.25, 0.3) is 0 Å². The van der Waals surface area contributed by atoms with Crippen molar-refractivity contribution < 1.29 is 13.9 Å². The predicted octanol–water partition coefficient (Wildman–Crippen LogP) is 3.54. The molecule has 3 nitrogen and oxygen atoms in total. The maximum atomic E-state index is 13.9. The van der Waals surface area contributed by atoms with Gasteiger partial charge in [-0.25, -0.2) is 4.39 Å². The summed E-state index contributed by atoms with van der Waals surface area (Å²) in [5, 5.41) is 0.335. The minimum atomic E-state index is -0.628. The van der Waals surface area contributed by atoms with Crippen molar-refractivity contribution in [2.75, 3.05) is 14.2 Å². The monoisotopic (exact) mass is 295 g/mol. The molecule has 0 radical (unpaired) electrons. The van der Waals surface area contributed by atoms with Crippen molar-refractivity contribution in [3.05, 3.63) is 58.4 Å². The van der Waals surface area contributed by atoms with E-state index in [9.17, 15) is 4.39 Å². The van der Waals surface area contributed by atoms with E-state index < -0.39 is 11.9 Å². The lowest BCUT2D eigenvalue weighted by atomic mass is 9.98. The van der Waals surface area contributed by atoms with E-state index in [1.165, 1.54) is 6.07 Å². The standard InChI is InChI=1S/C15H15ClFNO2/c1-19-11-5-9(6-12(8-11)20-2)15(18)13-4-3-10(16)7-14(13)17/h3-8,15H,18H2,1-2H3. The minimum Gasteiger partial charge on any atom is -0.497 e. The number of hydrogen-bond acceptors (Lipinski definition) is 3. The molecule has 0 aliphatic rings. The first-order valence-corrected chi connectivity index (χ1v) is 6.36. The van der Waals surface area contributed by atoms with Crippen molar-refractivity contribution in [2.45, 2.75) is 6.04 Å². The maximum Gasteiger partial charge on any atom is 0.129 e. The average Bonchev–Trinajstić information content (AvgIpc) is 2.46. The highest BCUT2D eigenvalue weighted by atomic mass is 35.5. The Balaban J connectivity index is 2.44. The Kier molecular flexibility index (Phi) is 4.47. The summed E-state index contributed by atoms with van der Waals surface area (Å²) >= 11 is 5.74. The molecule has 0 saturated heterocycles. The molecule has 5 heteroatoms. The van der Waals surface area contributed by atoms with E-state index >= 15 is 0 Å². The topological polar surface area (TPSA) is 44.5 Å². The van der Waals surface area contributed by atoms with Crippen molar-refractivity contribution in [3.63, 3.8) is 0 Å². The lowest BCUT2D eigenvalue weighted by Crippen LogP contribution is -2.14. The lowest BCUT2D eigenvalue weighted by molar-refractivity contribution is 0.393. The Bertz CT molecular complexity index is 597. The highest BCUT2D eigenvalue weighted by Crippen LogP contribution is 2.30. The van der Waals surface area contributed by atoms with E-state index in [2.05, 4.69) is 0 Å². The summed E-state index contributed by atoms with van der Waals surface area (Å²) in [6.07, 6.45) is 0. The summed E-state index contributed by atoms with van der Waals surface area (Å²) in [7, 11) is 3.10. The van der Waals surface area contributed by atoms with Gasteiger partial charge in [0.15, 0.2) is 0 Å². The molecule has 20 heavy (non-hydrogen) atoms. The number of ether oxygens (including phenoxy) is 2. The summed E-state index contributed by atoms with van der Waals surface area (Å²) in [4.78, 5) is 0. The van der Waals surface area contributed by atoms with Gasteiger partial charge >= 0.3 is 0 Å². The van der Waals surface area contributed by atoms with Crippen LogP contribution < -0.4 is 15.2 Å². The van der Waals surface area contributed by atoms with Crippen LogP contribution >= 0.6 is 11.6 Å². The van der Waals surface area contributed by atoms with Crippen molar-refractivity contribution >= 4 is 11.6 Å². The first-order chi connectivity index (χ1) is 9.55. The number of nitrogens with two attached hydrogens (primary N) is 1. The Labute approximate surface area is 122 Å². The smallest absolute Gasteiger partial charge is 0.129 e. The summed E-state index contributed by atoms with van der Waals surface area (Å²) in [6, 6.07) is 9.03. The zero-order chi connectivity index (χ0) is 14.7. The summed E-state index contributed by atoms with van der Waals surface area (Å²) in [5.74, 6) is 0.764. The van der Waals surface area contributed by atoms with Crippen molar-refractivity contribution in [1.29, 1.82) is 0 Å². The third-order valence-corrected chi connectivity index (χ3v) is 3.27. The molecule has 2 aromatic rings. The summed E-state index contributed by atoms with van der Waals surface area (Å²) in [6.45, 7) is 0. The molecule has 0 spiro atoms. The zero-order valence-electron chi connectivity index (χ0n) is 11.2. The van der Waals surface area contributed by atoms with Crippen LogP contribution in [-0.2, 0) is 0 Å². The van der Waals surface area contributed by atoms with E-state index in [4.69, 9.17) is 26.8 Å². The van der Waals surface area contributed by atoms with Gasteiger partial charge in [0.1, 0.15) is 17.3 Å². The molecular weight excluding hydrogens is 281 g/mol. The summed E-state index contributed by atoms with van der Waals surface area (Å²) < 4.78 is 24.3. The average molecular weight is 296 g/mol. The second kappa shape index (κ2) is 6.11. The van der Waals surface area contributed by atoms with Crippen LogP contribution in [0, 0.1) is 5.82 Å². The van der Waals surface area contributed by atoms with Crippen LogP contribution in [0.2, 0.25) is 5.02 Å². The van der Waals surface area contributed by atoms with Crippen LogP contribution in [0.3, 0.4) is 0 Å². The van der Waals surface area contributed by atoms with Crippen LogP contribution in [0.4, 0.5) is 4.39 Å². The van der Waals surface area contributed by atoms with E-state index in [1.54, 1.807) is 44.6 Å². The van der Waals surface area contributed by atoms with Gasteiger partial charge in [-0.05, 0) is 29.8 Å². The number of halogens is 2. The van der Waals surface area contributed by atoms with E-state index in [0.717, 1.165) is 0 Å². The molecule has 0 saturated carbocycles. The largest absolute Gasteiger partial charge is 0.497 e. The molecule has 2 aromatic carbocycles. The lowest BCUT2D eigenvalue weighted by Gasteiger charge is -2.16. The van der Waals surface area contributed by atoms with Crippen LogP contribution in [-0.4, -0.2) is 14.2 Å². The molecule has 0 aliphatic carbocycles. The Hall–Kier alpha value is -1.78. The molecule has 2 N–H and O–H groups in total. The molecule has 2 rings (SSSR count). The third-order valence-electron chi connectivity index (χ3n) is 3.03. The van der Waals surface area contributed by atoms with Crippen molar-refractivity contribution in [1.82, 2.24) is 0 Å². The van der Waals surface area contributed by atoms with Crippen LogP contribution in [0.25, 0.3) is 0 Å². The zero-order valence-corrected chi connectivity index (χ0v) is 11.9. The molecular formula is C15H15ClFNO2. The number of methoxy groups -OCH3 is 2. The van der Waals surface area contributed by atoms with Crippen LogP contribution in [0.5, 0.6) is 11.5 Å². The summed E-state index contributed by atoms with van der Waals surface area (Å²) in [5.41, 5.74) is 7.18. The molecule has 0 amide bonds. The minimum absolute atomic E-state index is 0.335.